The van der Waals surface area contributed by atoms with Gasteiger partial charge in [-0.25, -0.2) is 4.39 Å². The third kappa shape index (κ3) is 6.23. The molecule has 0 aromatic heterocycles. The molecule has 4 rings (SSSR count). The molecule has 1 heterocycles. The second-order valence-corrected chi connectivity index (χ2v) is 7.63. The van der Waals surface area contributed by atoms with Crippen LogP contribution >= 0.6 is 0 Å². The van der Waals surface area contributed by atoms with Gasteiger partial charge < -0.3 is 24.8 Å². The van der Waals surface area contributed by atoms with Crippen molar-refractivity contribution in [3.8, 4) is 11.1 Å². The summed E-state index contributed by atoms with van der Waals surface area (Å²) in [5.74, 6) is -0.633. The maximum absolute atomic E-state index is 14.0. The lowest BCUT2D eigenvalue weighted by Gasteiger charge is -2.30. The molecule has 2 N–H and O–H groups in total. The third-order valence-corrected chi connectivity index (χ3v) is 5.29. The summed E-state index contributed by atoms with van der Waals surface area (Å²) in [4.78, 5) is 8.00. The summed E-state index contributed by atoms with van der Waals surface area (Å²) < 4.78 is 25.1. The van der Waals surface area contributed by atoms with E-state index >= 15 is 0 Å². The van der Waals surface area contributed by atoms with Crippen molar-refractivity contribution in [3.05, 3.63) is 71.9 Å². The van der Waals surface area contributed by atoms with Gasteiger partial charge in [0.2, 0.25) is 0 Å². The quantitative estimate of drug-likeness (QED) is 0.474. The molecule has 1 saturated heterocycles. The second kappa shape index (κ2) is 12.5. The summed E-state index contributed by atoms with van der Waals surface area (Å²) in [6, 6.07) is 13.6. The molecule has 2 aromatic rings. The Morgan fingerprint density at radius 1 is 1.19 bits per heavy atom. The Kier molecular flexibility index (Phi) is 9.99. The van der Waals surface area contributed by atoms with Crippen molar-refractivity contribution < 1.29 is 23.9 Å². The summed E-state index contributed by atoms with van der Waals surface area (Å²) in [5, 5.41) is 13.5. The summed E-state index contributed by atoms with van der Waals surface area (Å²) in [5.41, 5.74) is 4.89. The predicted molar refractivity (Wildman–Crippen MR) is 123 cm³/mol. The van der Waals surface area contributed by atoms with Crippen LogP contribution in [0.25, 0.3) is 11.1 Å². The summed E-state index contributed by atoms with van der Waals surface area (Å²) in [6.07, 6.45) is 2.34. The number of alkyl halides is 1. The number of aryl methyl sites for hydroxylation is 1. The molecule has 1 fully saturated rings. The first-order valence-electron chi connectivity index (χ1n) is 10.7. The van der Waals surface area contributed by atoms with E-state index in [1.807, 2.05) is 50.1 Å². The average Bonchev–Trinajstić information content (AvgIpc) is 3.37. The Morgan fingerprint density at radius 2 is 1.84 bits per heavy atom. The minimum Gasteiger partial charge on any atom is -0.377 e. The number of hydrogen-bond donors (Lipinski definition) is 2. The predicted octanol–water partition coefficient (Wildman–Crippen LogP) is 4.76. The van der Waals surface area contributed by atoms with Gasteiger partial charge in [0.1, 0.15) is 6.79 Å². The minimum absolute atomic E-state index is 0.321. The smallest absolute Gasteiger partial charge is 0.183 e. The zero-order chi connectivity index (χ0) is 23.6. The fourth-order valence-electron chi connectivity index (χ4n) is 3.95. The van der Waals surface area contributed by atoms with E-state index in [9.17, 15) is 9.60 Å². The third-order valence-electron chi connectivity index (χ3n) is 5.29. The van der Waals surface area contributed by atoms with Gasteiger partial charge in [0.15, 0.2) is 12.0 Å². The van der Waals surface area contributed by atoms with Crippen molar-refractivity contribution >= 4 is 6.79 Å². The molecule has 2 aliphatic rings. The Balaban J connectivity index is 0.000000211. The van der Waals surface area contributed by atoms with E-state index in [1.54, 1.807) is 0 Å². The minimum atomic E-state index is -0.947. The molecule has 1 aliphatic carbocycles. The van der Waals surface area contributed by atoms with Crippen molar-refractivity contribution in [2.75, 3.05) is 26.4 Å². The van der Waals surface area contributed by atoms with Gasteiger partial charge in [-0.2, -0.15) is 5.06 Å². The van der Waals surface area contributed by atoms with Gasteiger partial charge in [-0.3, -0.25) is 0 Å². The monoisotopic (exact) mass is 444 g/mol. The molecule has 1 aliphatic heterocycles. The number of halogens is 1. The van der Waals surface area contributed by atoms with E-state index in [0.29, 0.717) is 26.4 Å². The highest BCUT2D eigenvalue weighted by atomic mass is 19.1. The number of rotatable bonds is 7. The van der Waals surface area contributed by atoms with Crippen molar-refractivity contribution in [2.24, 2.45) is 0 Å². The van der Waals surface area contributed by atoms with Crippen molar-refractivity contribution in [1.29, 1.82) is 0 Å². The SMILES string of the molecule is C=CNCN(O)CC1(CCC)OCCO1.C=O.Cc1ccc2c(c1)-c1ccccc1C2F. The summed E-state index contributed by atoms with van der Waals surface area (Å²) in [7, 11) is 0. The highest BCUT2D eigenvalue weighted by Crippen LogP contribution is 2.45. The van der Waals surface area contributed by atoms with E-state index in [2.05, 4.69) is 24.9 Å². The Morgan fingerprint density at radius 3 is 2.50 bits per heavy atom. The van der Waals surface area contributed by atoms with E-state index < -0.39 is 12.0 Å². The van der Waals surface area contributed by atoms with Crippen molar-refractivity contribution in [3.63, 3.8) is 0 Å². The van der Waals surface area contributed by atoms with Crippen LogP contribution in [0.2, 0.25) is 0 Å². The average molecular weight is 445 g/mol. The standard InChI is InChI=1S/C14H11F.C10H20N2O3.CH2O/c1-9-6-7-12-13(8-9)10-4-2-3-5-11(10)14(12)15;1-3-5-10(14-6-7-15-10)8-12(13)9-11-4-2;1-2/h2-8,14H,1H3;4,11,13H,2-3,5-9H2,1H3;1H2. The molecule has 6 nitrogen and oxygen atoms in total. The van der Waals surface area contributed by atoms with Crippen LogP contribution < -0.4 is 5.32 Å². The topological polar surface area (TPSA) is 71.0 Å². The van der Waals surface area contributed by atoms with E-state index in [4.69, 9.17) is 14.3 Å². The molecule has 0 amide bonds. The molecule has 7 heteroatoms. The molecular formula is C25H33FN2O4. The molecule has 0 spiro atoms. The largest absolute Gasteiger partial charge is 0.377 e. The van der Waals surface area contributed by atoms with Crippen LogP contribution in [-0.2, 0) is 14.3 Å². The molecule has 0 bridgehead atoms. The first-order valence-corrected chi connectivity index (χ1v) is 10.7. The van der Waals surface area contributed by atoms with E-state index in [-0.39, 0.29) is 0 Å². The number of nitrogens with zero attached hydrogens (tertiary/aromatic N) is 1. The number of hydroxylamine groups is 2. The first-order chi connectivity index (χ1) is 15.5. The van der Waals surface area contributed by atoms with E-state index in [1.165, 1.54) is 11.8 Å². The van der Waals surface area contributed by atoms with Gasteiger partial charge in [-0.05, 0) is 35.4 Å². The van der Waals surface area contributed by atoms with Gasteiger partial charge >= 0.3 is 0 Å². The molecule has 174 valence electrons. The van der Waals surface area contributed by atoms with Gasteiger partial charge in [0.25, 0.3) is 0 Å². The molecule has 1 unspecified atom stereocenters. The summed E-state index contributed by atoms with van der Waals surface area (Å²) >= 11 is 0. The van der Waals surface area contributed by atoms with Crippen LogP contribution in [0.15, 0.2) is 55.2 Å². The number of hydrogen-bond acceptors (Lipinski definition) is 6. The zero-order valence-corrected chi connectivity index (χ0v) is 18.9. The molecule has 0 radical (unpaired) electrons. The molecule has 1 atom stereocenters. The van der Waals surface area contributed by atoms with Crippen molar-refractivity contribution in [1.82, 2.24) is 10.4 Å². The molecule has 0 saturated carbocycles. The highest BCUT2D eigenvalue weighted by molar-refractivity contribution is 5.78. The number of ether oxygens (including phenoxy) is 2. The molecule has 2 aromatic carbocycles. The second-order valence-electron chi connectivity index (χ2n) is 7.63. The van der Waals surface area contributed by atoms with Gasteiger partial charge in [0.05, 0.1) is 26.4 Å². The fraction of sp³-hybridized carbons (Fsp3) is 0.400. The maximum Gasteiger partial charge on any atom is 0.183 e. The highest BCUT2D eigenvalue weighted by Gasteiger charge is 2.37. The van der Waals surface area contributed by atoms with Crippen LogP contribution in [0, 0.1) is 6.92 Å². The molecular weight excluding hydrogens is 411 g/mol. The lowest BCUT2D eigenvalue weighted by atomic mass is 10.0. The van der Waals surface area contributed by atoms with Crippen LogP contribution in [0.4, 0.5) is 4.39 Å². The van der Waals surface area contributed by atoms with Crippen LogP contribution in [0.5, 0.6) is 0 Å². The maximum atomic E-state index is 14.0. The number of nitrogens with one attached hydrogen (secondary N) is 1. The lowest BCUT2D eigenvalue weighted by Crippen LogP contribution is -2.45. The molecule has 32 heavy (non-hydrogen) atoms. The Hall–Kier alpha value is -2.58. The first kappa shape index (κ1) is 25.7. The number of fused-ring (bicyclic) bond motifs is 3. The Labute approximate surface area is 189 Å². The van der Waals surface area contributed by atoms with Crippen LogP contribution in [-0.4, -0.2) is 49.3 Å². The van der Waals surface area contributed by atoms with Crippen molar-refractivity contribution in [2.45, 2.75) is 38.6 Å². The van der Waals surface area contributed by atoms with Gasteiger partial charge in [-0.15, -0.1) is 0 Å². The van der Waals surface area contributed by atoms with Gasteiger partial charge in [0, 0.05) is 6.42 Å². The number of carbonyl (C=O) groups excluding carboxylic acids is 1. The zero-order valence-electron chi connectivity index (χ0n) is 18.9. The van der Waals surface area contributed by atoms with E-state index in [0.717, 1.165) is 40.2 Å². The fourth-order valence-corrected chi connectivity index (χ4v) is 3.95. The number of benzene rings is 2. The van der Waals surface area contributed by atoms with Gasteiger partial charge in [-0.1, -0.05) is 68.0 Å². The van der Waals surface area contributed by atoms with Crippen LogP contribution in [0.1, 0.15) is 42.6 Å². The Bertz CT molecular complexity index is 871. The lowest BCUT2D eigenvalue weighted by molar-refractivity contribution is -0.224. The van der Waals surface area contributed by atoms with Crippen LogP contribution in [0.3, 0.4) is 0 Å². The number of carbonyl (C=O) groups is 1. The normalized spacial score (nSPS) is 17.3. The summed E-state index contributed by atoms with van der Waals surface area (Å²) in [6.45, 7) is 11.5.